The first-order valence-corrected chi connectivity index (χ1v) is 4.49. The molecule has 0 aliphatic carbocycles. The maximum absolute atomic E-state index is 11.2. The molecule has 2 aromatic rings. The molecule has 3 nitrogen and oxygen atoms in total. The molecule has 0 radical (unpaired) electrons. The number of rotatable bonds is 1. The highest BCUT2D eigenvalue weighted by molar-refractivity contribution is 9.10. The first-order chi connectivity index (χ1) is 6.29. The number of aromatic amines is 1. The Morgan fingerprint density at radius 3 is 2.62 bits per heavy atom. The Kier molecular flexibility index (Phi) is 2.06. The number of benzene rings is 1. The molecule has 0 fully saturated rings. The van der Waals surface area contributed by atoms with E-state index < -0.39 is 0 Å². The van der Waals surface area contributed by atoms with Gasteiger partial charge in [0, 0.05) is 10.0 Å². The molecule has 1 heterocycles. The Labute approximate surface area is 82.5 Å². The first kappa shape index (κ1) is 8.31. The van der Waals surface area contributed by atoms with Gasteiger partial charge < -0.3 is 4.52 Å². The van der Waals surface area contributed by atoms with Crippen molar-refractivity contribution in [3.05, 3.63) is 45.4 Å². The van der Waals surface area contributed by atoms with Crippen molar-refractivity contribution in [1.82, 2.24) is 5.16 Å². The van der Waals surface area contributed by atoms with Gasteiger partial charge in [0.15, 0.2) is 0 Å². The van der Waals surface area contributed by atoms with Gasteiger partial charge in [-0.05, 0) is 6.07 Å². The molecule has 0 aliphatic rings. The first-order valence-electron chi connectivity index (χ1n) is 3.70. The Bertz CT molecular complexity index is 472. The second kappa shape index (κ2) is 3.22. The molecule has 13 heavy (non-hydrogen) atoms. The minimum absolute atomic E-state index is 0.216. The smallest absolute Gasteiger partial charge is 0.287 e. The highest BCUT2D eigenvalue weighted by Crippen LogP contribution is 2.24. The van der Waals surface area contributed by atoms with E-state index in [0.717, 1.165) is 10.0 Å². The number of nitrogens with one attached hydrogen (secondary N) is 1. The Hall–Kier alpha value is -1.29. The van der Waals surface area contributed by atoms with Crippen molar-refractivity contribution in [3.63, 3.8) is 0 Å². The van der Waals surface area contributed by atoms with Gasteiger partial charge in [-0.15, -0.1) is 0 Å². The Morgan fingerprint density at radius 2 is 2.00 bits per heavy atom. The second-order valence-electron chi connectivity index (χ2n) is 2.56. The largest absolute Gasteiger partial charge is 0.386 e. The maximum Gasteiger partial charge on any atom is 0.287 e. The van der Waals surface area contributed by atoms with Crippen LogP contribution in [-0.4, -0.2) is 5.16 Å². The fourth-order valence-corrected chi connectivity index (χ4v) is 1.61. The van der Waals surface area contributed by atoms with Crippen molar-refractivity contribution in [2.75, 3.05) is 0 Å². The molecule has 0 amide bonds. The lowest BCUT2D eigenvalue weighted by Gasteiger charge is -1.97. The lowest BCUT2D eigenvalue weighted by molar-refractivity contribution is 0.414. The van der Waals surface area contributed by atoms with Gasteiger partial charge in [-0.1, -0.05) is 34.1 Å². The van der Waals surface area contributed by atoms with E-state index in [1.54, 1.807) is 0 Å². The summed E-state index contributed by atoms with van der Waals surface area (Å²) in [5.41, 5.74) is 1.15. The van der Waals surface area contributed by atoms with Crippen molar-refractivity contribution >= 4 is 15.9 Å². The molecule has 0 aliphatic heterocycles. The molecular weight excluding hydrogens is 234 g/mol. The van der Waals surface area contributed by atoms with Crippen molar-refractivity contribution in [3.8, 4) is 11.1 Å². The standard InChI is InChI=1S/C9H6BrNO2/c10-8-4-2-1-3-6(8)7-5-13-11-9(7)12/h1-5H,(H,11,12). The number of H-pyrrole nitrogens is 1. The minimum atomic E-state index is -0.216. The monoisotopic (exact) mass is 239 g/mol. The summed E-state index contributed by atoms with van der Waals surface area (Å²) in [6.45, 7) is 0. The van der Waals surface area contributed by atoms with Crippen LogP contribution in [0.15, 0.2) is 44.3 Å². The average molecular weight is 240 g/mol. The van der Waals surface area contributed by atoms with E-state index in [-0.39, 0.29) is 5.56 Å². The van der Waals surface area contributed by atoms with E-state index in [0.29, 0.717) is 5.56 Å². The van der Waals surface area contributed by atoms with Crippen LogP contribution in [0.3, 0.4) is 0 Å². The van der Waals surface area contributed by atoms with Gasteiger partial charge in [-0.3, -0.25) is 4.79 Å². The normalized spacial score (nSPS) is 10.2. The Balaban J connectivity index is 2.66. The van der Waals surface area contributed by atoms with Crippen LogP contribution < -0.4 is 5.56 Å². The van der Waals surface area contributed by atoms with Crippen LogP contribution in [0.5, 0.6) is 0 Å². The molecule has 1 aromatic heterocycles. The summed E-state index contributed by atoms with van der Waals surface area (Å²) in [4.78, 5) is 11.2. The van der Waals surface area contributed by atoms with Gasteiger partial charge in [0.05, 0.1) is 5.56 Å². The van der Waals surface area contributed by atoms with Crippen molar-refractivity contribution in [2.45, 2.75) is 0 Å². The number of aromatic nitrogens is 1. The molecule has 4 heteroatoms. The lowest BCUT2D eigenvalue weighted by atomic mass is 10.1. The van der Waals surface area contributed by atoms with Crippen molar-refractivity contribution < 1.29 is 4.52 Å². The predicted molar refractivity (Wildman–Crippen MR) is 52.5 cm³/mol. The molecule has 1 N–H and O–H groups in total. The zero-order valence-electron chi connectivity index (χ0n) is 6.58. The van der Waals surface area contributed by atoms with Crippen LogP contribution in [0.1, 0.15) is 0 Å². The lowest BCUT2D eigenvalue weighted by Crippen LogP contribution is -2.00. The third kappa shape index (κ3) is 1.45. The predicted octanol–water partition coefficient (Wildman–Crippen LogP) is 2.40. The molecular formula is C9H6BrNO2. The topological polar surface area (TPSA) is 46.0 Å². The molecule has 0 saturated carbocycles. The number of hydrogen-bond donors (Lipinski definition) is 1. The van der Waals surface area contributed by atoms with Gasteiger partial charge in [-0.25, -0.2) is 0 Å². The van der Waals surface area contributed by atoms with E-state index in [2.05, 4.69) is 21.1 Å². The molecule has 0 unspecified atom stereocenters. The summed E-state index contributed by atoms with van der Waals surface area (Å²) in [5, 5.41) is 2.24. The van der Waals surface area contributed by atoms with Gasteiger partial charge in [0.2, 0.25) is 0 Å². The third-order valence-corrected chi connectivity index (χ3v) is 2.43. The van der Waals surface area contributed by atoms with Crippen LogP contribution in [-0.2, 0) is 0 Å². The van der Waals surface area contributed by atoms with E-state index in [9.17, 15) is 4.79 Å². The summed E-state index contributed by atoms with van der Waals surface area (Å²) >= 11 is 3.36. The van der Waals surface area contributed by atoms with Crippen molar-refractivity contribution in [1.29, 1.82) is 0 Å². The molecule has 2 rings (SSSR count). The highest BCUT2D eigenvalue weighted by atomic mass is 79.9. The number of hydrogen-bond acceptors (Lipinski definition) is 2. The summed E-state index contributed by atoms with van der Waals surface area (Å²) < 4.78 is 5.57. The van der Waals surface area contributed by atoms with E-state index in [1.807, 2.05) is 24.3 Å². The van der Waals surface area contributed by atoms with Crippen LogP contribution in [0.4, 0.5) is 0 Å². The zero-order chi connectivity index (χ0) is 9.26. The quantitative estimate of drug-likeness (QED) is 0.831. The van der Waals surface area contributed by atoms with Crippen LogP contribution in [0.25, 0.3) is 11.1 Å². The van der Waals surface area contributed by atoms with E-state index in [1.165, 1.54) is 6.26 Å². The molecule has 0 atom stereocenters. The highest BCUT2D eigenvalue weighted by Gasteiger charge is 2.07. The van der Waals surface area contributed by atoms with Gasteiger partial charge in [0.25, 0.3) is 5.56 Å². The third-order valence-electron chi connectivity index (χ3n) is 1.74. The Morgan fingerprint density at radius 1 is 1.23 bits per heavy atom. The van der Waals surface area contributed by atoms with E-state index in [4.69, 9.17) is 4.52 Å². The summed E-state index contributed by atoms with van der Waals surface area (Å²) in [5.74, 6) is 0. The molecule has 0 saturated heterocycles. The van der Waals surface area contributed by atoms with E-state index >= 15 is 0 Å². The fourth-order valence-electron chi connectivity index (χ4n) is 1.12. The van der Waals surface area contributed by atoms with Crippen LogP contribution in [0.2, 0.25) is 0 Å². The molecule has 0 bridgehead atoms. The van der Waals surface area contributed by atoms with Crippen LogP contribution in [0, 0.1) is 0 Å². The SMILES string of the molecule is O=c1[nH]occ1-c1ccccc1Br. The van der Waals surface area contributed by atoms with Gasteiger partial charge in [0.1, 0.15) is 6.26 Å². The average Bonchev–Trinajstić information content (AvgIpc) is 2.52. The molecule has 66 valence electrons. The van der Waals surface area contributed by atoms with Crippen LogP contribution >= 0.6 is 15.9 Å². The number of halogens is 1. The summed E-state index contributed by atoms with van der Waals surface area (Å²) in [6, 6.07) is 7.49. The summed E-state index contributed by atoms with van der Waals surface area (Å²) in [7, 11) is 0. The second-order valence-corrected chi connectivity index (χ2v) is 3.41. The fraction of sp³-hybridized carbons (Fsp3) is 0. The summed E-state index contributed by atoms with van der Waals surface area (Å²) in [6.07, 6.45) is 1.41. The van der Waals surface area contributed by atoms with Gasteiger partial charge in [-0.2, -0.15) is 5.16 Å². The maximum atomic E-state index is 11.2. The molecule has 1 aromatic carbocycles. The van der Waals surface area contributed by atoms with Crippen molar-refractivity contribution in [2.24, 2.45) is 0 Å². The zero-order valence-corrected chi connectivity index (χ0v) is 8.17. The van der Waals surface area contributed by atoms with Gasteiger partial charge >= 0.3 is 0 Å². The molecule has 0 spiro atoms. The minimum Gasteiger partial charge on any atom is -0.386 e.